The van der Waals surface area contributed by atoms with E-state index in [2.05, 4.69) is 23.0 Å². The molecule has 0 aliphatic heterocycles. The second kappa shape index (κ2) is 10.5. The Morgan fingerprint density at radius 1 is 1.07 bits per heavy atom. The Morgan fingerprint density at radius 2 is 1.77 bits per heavy atom. The van der Waals surface area contributed by atoms with E-state index in [1.807, 2.05) is 54.6 Å². The number of carbonyl (C=O) groups excluding carboxylic acids is 2. The summed E-state index contributed by atoms with van der Waals surface area (Å²) in [6, 6.07) is 18.5. The largest absolute Gasteiger partial charge is 0.471 e. The lowest BCUT2D eigenvalue weighted by molar-refractivity contribution is -0.144. The molecule has 8 heteroatoms. The van der Waals surface area contributed by atoms with Gasteiger partial charge in [0.2, 0.25) is 0 Å². The van der Waals surface area contributed by atoms with E-state index in [0.717, 1.165) is 11.1 Å². The summed E-state index contributed by atoms with van der Waals surface area (Å²) >= 11 is 4.08. The zero-order valence-electron chi connectivity index (χ0n) is 16.5. The van der Waals surface area contributed by atoms with E-state index >= 15 is 0 Å². The van der Waals surface area contributed by atoms with Crippen LogP contribution in [0.15, 0.2) is 66.9 Å². The Kier molecular flexibility index (Phi) is 7.51. The Bertz CT molecular complexity index is 974. The first kappa shape index (κ1) is 21.4. The molecule has 0 unspecified atom stereocenters. The highest BCUT2D eigenvalue weighted by Gasteiger charge is 2.22. The molecule has 0 saturated carbocycles. The second-order valence-corrected chi connectivity index (χ2v) is 6.73. The Hall–Kier alpha value is -3.26. The average molecular weight is 426 g/mol. The summed E-state index contributed by atoms with van der Waals surface area (Å²) in [5, 5.41) is 6.76. The van der Waals surface area contributed by atoms with Crippen molar-refractivity contribution in [1.82, 2.24) is 15.1 Å². The van der Waals surface area contributed by atoms with Crippen LogP contribution in [0.5, 0.6) is 5.75 Å². The van der Waals surface area contributed by atoms with Crippen molar-refractivity contribution in [2.75, 3.05) is 12.4 Å². The van der Waals surface area contributed by atoms with E-state index in [4.69, 9.17) is 9.47 Å². The minimum atomic E-state index is -0.828. The van der Waals surface area contributed by atoms with Gasteiger partial charge in [-0.25, -0.2) is 9.48 Å². The summed E-state index contributed by atoms with van der Waals surface area (Å²) in [6.07, 6.45) is 1.63. The predicted molar refractivity (Wildman–Crippen MR) is 116 cm³/mol. The summed E-state index contributed by atoms with van der Waals surface area (Å²) in [5.74, 6) is -0.183. The number of ether oxygens (including phenoxy) is 2. The zero-order valence-corrected chi connectivity index (χ0v) is 17.4. The number of nitrogens with zero attached hydrogens (tertiary/aromatic N) is 2. The molecule has 0 radical (unpaired) electrons. The molecule has 2 aromatic carbocycles. The van der Waals surface area contributed by atoms with Gasteiger partial charge in [-0.2, -0.15) is 17.7 Å². The quantitative estimate of drug-likeness (QED) is 0.406. The third kappa shape index (κ3) is 5.64. The molecule has 0 aliphatic carbocycles. The number of hydrogen-bond donors (Lipinski definition) is 2. The van der Waals surface area contributed by atoms with Crippen molar-refractivity contribution in [3.8, 4) is 16.9 Å². The van der Waals surface area contributed by atoms with Crippen molar-refractivity contribution in [3.05, 3.63) is 72.6 Å². The fraction of sp³-hybridized carbons (Fsp3) is 0.227. The molecule has 0 saturated heterocycles. The van der Waals surface area contributed by atoms with Crippen molar-refractivity contribution in [2.24, 2.45) is 0 Å². The molecule has 1 N–H and O–H groups in total. The molecular formula is C22H23N3O4S. The lowest BCUT2D eigenvalue weighted by atomic mass is 10.1. The molecule has 7 nitrogen and oxygen atoms in total. The van der Waals surface area contributed by atoms with Crippen molar-refractivity contribution in [2.45, 2.75) is 19.7 Å². The SMILES string of the molecule is CCOC(=O)[C@H](CS)NC(=O)c1ccn(COc2ccc(-c3ccccc3)cc2)n1. The maximum absolute atomic E-state index is 12.3. The molecule has 30 heavy (non-hydrogen) atoms. The highest BCUT2D eigenvalue weighted by molar-refractivity contribution is 7.80. The van der Waals surface area contributed by atoms with Gasteiger partial charge in [0.25, 0.3) is 5.91 Å². The lowest BCUT2D eigenvalue weighted by Crippen LogP contribution is -2.43. The molecular weight excluding hydrogens is 402 g/mol. The van der Waals surface area contributed by atoms with E-state index in [-0.39, 0.29) is 24.8 Å². The highest BCUT2D eigenvalue weighted by atomic mass is 32.1. The Morgan fingerprint density at radius 3 is 2.43 bits per heavy atom. The van der Waals surface area contributed by atoms with Crippen molar-refractivity contribution in [1.29, 1.82) is 0 Å². The zero-order chi connectivity index (χ0) is 21.3. The van der Waals surface area contributed by atoms with E-state index in [1.165, 1.54) is 4.68 Å². The maximum atomic E-state index is 12.3. The van der Waals surface area contributed by atoms with E-state index in [1.54, 1.807) is 19.2 Å². The summed E-state index contributed by atoms with van der Waals surface area (Å²) < 4.78 is 12.1. The van der Waals surface area contributed by atoms with Crippen LogP contribution in [0.1, 0.15) is 17.4 Å². The number of thiol groups is 1. The van der Waals surface area contributed by atoms with E-state index in [9.17, 15) is 9.59 Å². The Labute approximate surface area is 180 Å². The first-order chi connectivity index (χ1) is 14.6. The smallest absolute Gasteiger partial charge is 0.329 e. The number of amides is 1. The van der Waals surface area contributed by atoms with Crippen LogP contribution in [0.4, 0.5) is 0 Å². The molecule has 3 aromatic rings. The number of benzene rings is 2. The molecule has 0 spiro atoms. The third-order valence-corrected chi connectivity index (χ3v) is 4.62. The molecule has 1 aromatic heterocycles. The van der Waals surface area contributed by atoms with Gasteiger partial charge >= 0.3 is 5.97 Å². The molecule has 0 aliphatic rings. The van der Waals surface area contributed by atoms with Crippen LogP contribution in [0, 0.1) is 0 Å². The van der Waals surface area contributed by atoms with Crippen LogP contribution >= 0.6 is 12.6 Å². The van der Waals surface area contributed by atoms with Gasteiger partial charge in [-0.1, -0.05) is 42.5 Å². The van der Waals surface area contributed by atoms with Gasteiger partial charge in [-0.05, 0) is 36.2 Å². The Balaban J connectivity index is 1.55. The molecule has 0 bridgehead atoms. The molecule has 0 fully saturated rings. The third-order valence-electron chi connectivity index (χ3n) is 4.26. The molecule has 156 valence electrons. The van der Waals surface area contributed by atoms with Gasteiger partial charge in [-0.3, -0.25) is 4.79 Å². The first-order valence-electron chi connectivity index (χ1n) is 9.50. The number of nitrogens with one attached hydrogen (secondary N) is 1. The first-order valence-corrected chi connectivity index (χ1v) is 10.1. The van der Waals surface area contributed by atoms with Gasteiger partial charge in [0.15, 0.2) is 6.73 Å². The van der Waals surface area contributed by atoms with Crippen molar-refractivity contribution < 1.29 is 19.1 Å². The van der Waals surface area contributed by atoms with Crippen LogP contribution < -0.4 is 10.1 Å². The lowest BCUT2D eigenvalue weighted by Gasteiger charge is -2.14. The van der Waals surface area contributed by atoms with Crippen LogP contribution in [0.3, 0.4) is 0 Å². The summed E-state index contributed by atoms with van der Waals surface area (Å²) in [4.78, 5) is 24.1. The minimum Gasteiger partial charge on any atom is -0.471 e. The van der Waals surface area contributed by atoms with E-state index < -0.39 is 17.9 Å². The fourth-order valence-corrected chi connectivity index (χ4v) is 2.96. The summed E-state index contributed by atoms with van der Waals surface area (Å²) in [7, 11) is 0. The number of hydrogen-bond acceptors (Lipinski definition) is 6. The fourth-order valence-electron chi connectivity index (χ4n) is 2.72. The predicted octanol–water partition coefficient (Wildman–Crippen LogP) is 3.18. The van der Waals surface area contributed by atoms with Crippen molar-refractivity contribution >= 4 is 24.5 Å². The van der Waals surface area contributed by atoms with Crippen LogP contribution in [-0.4, -0.2) is 40.1 Å². The highest BCUT2D eigenvalue weighted by Crippen LogP contribution is 2.22. The van der Waals surface area contributed by atoms with Gasteiger partial charge in [0.1, 0.15) is 17.5 Å². The maximum Gasteiger partial charge on any atom is 0.329 e. The monoisotopic (exact) mass is 425 g/mol. The van der Waals surface area contributed by atoms with Crippen LogP contribution in [0.2, 0.25) is 0 Å². The molecule has 1 heterocycles. The van der Waals surface area contributed by atoms with Gasteiger partial charge in [0.05, 0.1) is 6.61 Å². The van der Waals surface area contributed by atoms with Crippen LogP contribution in [-0.2, 0) is 16.3 Å². The number of aromatic nitrogens is 2. The number of rotatable bonds is 9. The summed E-state index contributed by atoms with van der Waals surface area (Å²) in [6.45, 7) is 2.08. The number of carbonyl (C=O) groups is 2. The number of esters is 1. The van der Waals surface area contributed by atoms with Gasteiger partial charge in [-0.15, -0.1) is 0 Å². The van der Waals surface area contributed by atoms with E-state index in [0.29, 0.717) is 5.75 Å². The summed E-state index contributed by atoms with van der Waals surface area (Å²) in [5.41, 5.74) is 2.41. The normalized spacial score (nSPS) is 11.5. The molecule has 1 atom stereocenters. The van der Waals surface area contributed by atoms with Crippen molar-refractivity contribution in [3.63, 3.8) is 0 Å². The minimum absolute atomic E-state index is 0.132. The van der Waals surface area contributed by atoms with Gasteiger partial charge in [0, 0.05) is 11.9 Å². The average Bonchev–Trinajstić information content (AvgIpc) is 3.26. The van der Waals surface area contributed by atoms with Gasteiger partial charge < -0.3 is 14.8 Å². The topological polar surface area (TPSA) is 82.5 Å². The standard InChI is InChI=1S/C22H23N3O4S/c1-2-28-22(27)20(14-30)23-21(26)19-12-13-25(24-19)15-29-18-10-8-17(9-11-18)16-6-4-3-5-7-16/h3-13,20,30H,2,14-15H2,1H3,(H,23,26)/t20-/m0/s1. The van der Waals surface area contributed by atoms with Crippen LogP contribution in [0.25, 0.3) is 11.1 Å². The molecule has 1 amide bonds. The molecule has 3 rings (SSSR count). The second-order valence-electron chi connectivity index (χ2n) is 6.36.